The Morgan fingerprint density at radius 1 is 1.58 bits per heavy atom. The Hall–Kier alpha value is -0.880. The molecular formula is C13H16BrNO3S. The van der Waals surface area contributed by atoms with Crippen LogP contribution in [0.15, 0.2) is 9.85 Å². The molecule has 1 aromatic rings. The van der Waals surface area contributed by atoms with Crippen molar-refractivity contribution in [2.45, 2.75) is 38.6 Å². The van der Waals surface area contributed by atoms with E-state index in [1.165, 1.54) is 16.2 Å². The van der Waals surface area contributed by atoms with Crippen molar-refractivity contribution in [1.82, 2.24) is 4.90 Å². The number of rotatable bonds is 3. The number of hydrogen-bond acceptors (Lipinski definition) is 3. The van der Waals surface area contributed by atoms with Gasteiger partial charge in [-0.3, -0.25) is 4.79 Å². The molecule has 0 aliphatic carbocycles. The molecule has 1 amide bonds. The van der Waals surface area contributed by atoms with E-state index in [2.05, 4.69) is 15.9 Å². The Balaban J connectivity index is 2.35. The van der Waals surface area contributed by atoms with Crippen LogP contribution in [0.1, 0.15) is 41.4 Å². The lowest BCUT2D eigenvalue weighted by Gasteiger charge is -2.33. The molecule has 0 radical (unpaired) electrons. The van der Waals surface area contributed by atoms with Gasteiger partial charge in [0.1, 0.15) is 5.54 Å². The molecule has 0 spiro atoms. The lowest BCUT2D eigenvalue weighted by atomic mass is 9.93. The maximum atomic E-state index is 12.5. The first-order valence-corrected chi connectivity index (χ1v) is 7.84. The number of amides is 1. The van der Waals surface area contributed by atoms with E-state index in [0.29, 0.717) is 24.3 Å². The zero-order valence-corrected chi connectivity index (χ0v) is 13.3. The lowest BCUT2D eigenvalue weighted by Crippen LogP contribution is -2.52. The summed E-state index contributed by atoms with van der Waals surface area (Å²) in [5, 5.41) is 9.49. The second kappa shape index (κ2) is 5.25. The van der Waals surface area contributed by atoms with E-state index in [0.717, 1.165) is 15.8 Å². The van der Waals surface area contributed by atoms with Crippen molar-refractivity contribution < 1.29 is 14.7 Å². The Labute approximate surface area is 124 Å². The van der Waals surface area contributed by atoms with Gasteiger partial charge in [0.05, 0.1) is 8.66 Å². The van der Waals surface area contributed by atoms with Gasteiger partial charge in [0.15, 0.2) is 0 Å². The van der Waals surface area contributed by atoms with Gasteiger partial charge in [-0.05, 0) is 53.7 Å². The zero-order valence-electron chi connectivity index (χ0n) is 10.9. The number of nitrogens with zero attached hydrogens (tertiary/aromatic N) is 1. The number of halogens is 1. The van der Waals surface area contributed by atoms with E-state index in [9.17, 15) is 14.7 Å². The number of hydrogen-bond donors (Lipinski definition) is 1. The number of carboxylic acid groups (broad SMARTS) is 1. The van der Waals surface area contributed by atoms with Crippen LogP contribution >= 0.6 is 27.3 Å². The zero-order chi connectivity index (χ0) is 14.2. The van der Waals surface area contributed by atoms with Crippen LogP contribution in [0.2, 0.25) is 0 Å². The molecule has 2 rings (SSSR count). The van der Waals surface area contributed by atoms with Crippen molar-refractivity contribution in [3.63, 3.8) is 0 Å². The van der Waals surface area contributed by atoms with Crippen molar-refractivity contribution in [2.75, 3.05) is 6.54 Å². The standard InChI is InChI=1S/C13H16BrNO3S/c1-3-13(12(17)18)5-4-6-15(13)11(16)9-7-8(2)10(14)19-9/h7H,3-6H2,1-2H3,(H,17,18). The maximum absolute atomic E-state index is 12.5. The Kier molecular flexibility index (Phi) is 4.01. The summed E-state index contributed by atoms with van der Waals surface area (Å²) in [7, 11) is 0. The van der Waals surface area contributed by atoms with Crippen LogP contribution in [0.25, 0.3) is 0 Å². The van der Waals surface area contributed by atoms with E-state index in [-0.39, 0.29) is 5.91 Å². The average Bonchev–Trinajstić information content (AvgIpc) is 2.94. The second-order valence-corrected chi connectivity index (χ2v) is 7.19. The minimum Gasteiger partial charge on any atom is -0.479 e. The summed E-state index contributed by atoms with van der Waals surface area (Å²) in [6.07, 6.45) is 1.73. The molecule has 1 atom stereocenters. The first-order chi connectivity index (χ1) is 8.92. The Bertz CT molecular complexity index is 508. The third-order valence-corrected chi connectivity index (χ3v) is 5.91. The fourth-order valence-electron chi connectivity index (χ4n) is 2.61. The summed E-state index contributed by atoms with van der Waals surface area (Å²) in [5.41, 5.74) is -0.0217. The highest BCUT2D eigenvalue weighted by Gasteiger charge is 2.48. The van der Waals surface area contributed by atoms with Crippen molar-refractivity contribution in [3.8, 4) is 0 Å². The Morgan fingerprint density at radius 2 is 2.26 bits per heavy atom. The topological polar surface area (TPSA) is 57.6 Å². The predicted molar refractivity (Wildman–Crippen MR) is 77.7 cm³/mol. The molecule has 1 aliphatic heterocycles. The summed E-state index contributed by atoms with van der Waals surface area (Å²) in [4.78, 5) is 26.3. The SMILES string of the molecule is CCC1(C(=O)O)CCCN1C(=O)c1cc(C)c(Br)s1. The summed E-state index contributed by atoms with van der Waals surface area (Å²) < 4.78 is 0.924. The summed E-state index contributed by atoms with van der Waals surface area (Å²) in [6, 6.07) is 1.82. The molecule has 1 N–H and O–H groups in total. The molecular weight excluding hydrogens is 330 g/mol. The summed E-state index contributed by atoms with van der Waals surface area (Å²) in [6.45, 7) is 4.27. The highest BCUT2D eigenvalue weighted by atomic mass is 79.9. The molecule has 6 heteroatoms. The Morgan fingerprint density at radius 3 is 2.74 bits per heavy atom. The molecule has 1 fully saturated rings. The number of thiophene rings is 1. The predicted octanol–water partition coefficient (Wildman–Crippen LogP) is 3.29. The molecule has 104 valence electrons. The molecule has 0 saturated carbocycles. The van der Waals surface area contributed by atoms with Crippen LogP contribution in [0.3, 0.4) is 0 Å². The first-order valence-electron chi connectivity index (χ1n) is 6.23. The third kappa shape index (κ3) is 2.31. The van der Waals surface area contributed by atoms with Crippen LogP contribution < -0.4 is 0 Å². The minimum absolute atomic E-state index is 0.166. The molecule has 1 aromatic heterocycles. The van der Waals surface area contributed by atoms with Crippen LogP contribution in [-0.2, 0) is 4.79 Å². The van der Waals surface area contributed by atoms with Gasteiger partial charge in [-0.15, -0.1) is 11.3 Å². The quantitative estimate of drug-likeness (QED) is 0.914. The highest BCUT2D eigenvalue weighted by Crippen LogP contribution is 2.36. The van der Waals surface area contributed by atoms with Gasteiger partial charge in [0, 0.05) is 6.54 Å². The largest absolute Gasteiger partial charge is 0.479 e. The monoisotopic (exact) mass is 345 g/mol. The van der Waals surface area contributed by atoms with Crippen molar-refractivity contribution in [1.29, 1.82) is 0 Å². The number of aryl methyl sites for hydroxylation is 1. The van der Waals surface area contributed by atoms with Crippen molar-refractivity contribution in [2.24, 2.45) is 0 Å². The van der Waals surface area contributed by atoms with E-state index < -0.39 is 11.5 Å². The number of carbonyl (C=O) groups is 2. The van der Waals surface area contributed by atoms with Gasteiger partial charge < -0.3 is 10.0 Å². The molecule has 0 aromatic carbocycles. The highest BCUT2D eigenvalue weighted by molar-refractivity contribution is 9.11. The molecule has 19 heavy (non-hydrogen) atoms. The molecule has 0 bridgehead atoms. The van der Waals surface area contributed by atoms with Gasteiger partial charge in [0.25, 0.3) is 5.91 Å². The van der Waals surface area contributed by atoms with Crippen molar-refractivity contribution in [3.05, 3.63) is 20.3 Å². The first kappa shape index (κ1) is 14.5. The number of carbonyl (C=O) groups excluding carboxylic acids is 1. The van der Waals surface area contributed by atoms with Gasteiger partial charge in [0.2, 0.25) is 0 Å². The van der Waals surface area contributed by atoms with Gasteiger partial charge in [-0.2, -0.15) is 0 Å². The van der Waals surface area contributed by atoms with Gasteiger partial charge in [-0.25, -0.2) is 4.79 Å². The van der Waals surface area contributed by atoms with E-state index in [4.69, 9.17) is 0 Å². The van der Waals surface area contributed by atoms with Crippen LogP contribution in [0.4, 0.5) is 0 Å². The van der Waals surface area contributed by atoms with Crippen LogP contribution in [-0.4, -0.2) is 34.0 Å². The fourth-order valence-corrected chi connectivity index (χ4v) is 4.10. The maximum Gasteiger partial charge on any atom is 0.329 e. The van der Waals surface area contributed by atoms with E-state index in [1.807, 2.05) is 19.9 Å². The smallest absolute Gasteiger partial charge is 0.329 e. The van der Waals surface area contributed by atoms with E-state index >= 15 is 0 Å². The molecule has 1 aliphatic rings. The van der Waals surface area contributed by atoms with Gasteiger partial charge >= 0.3 is 5.97 Å². The summed E-state index contributed by atoms with van der Waals surface area (Å²) >= 11 is 4.76. The van der Waals surface area contributed by atoms with Crippen LogP contribution in [0, 0.1) is 6.92 Å². The third-order valence-electron chi connectivity index (χ3n) is 3.78. The van der Waals surface area contributed by atoms with Crippen molar-refractivity contribution >= 4 is 39.1 Å². The second-order valence-electron chi connectivity index (χ2n) is 4.82. The average molecular weight is 346 g/mol. The number of aliphatic carboxylic acids is 1. The fraction of sp³-hybridized carbons (Fsp3) is 0.538. The summed E-state index contributed by atoms with van der Waals surface area (Å²) in [5.74, 6) is -1.06. The number of carboxylic acids is 1. The molecule has 1 saturated heterocycles. The molecule has 2 heterocycles. The lowest BCUT2D eigenvalue weighted by molar-refractivity contribution is -0.148. The minimum atomic E-state index is -1.03. The number of likely N-dealkylation sites (tertiary alicyclic amines) is 1. The molecule has 1 unspecified atom stereocenters. The van der Waals surface area contributed by atoms with Gasteiger partial charge in [-0.1, -0.05) is 6.92 Å². The van der Waals surface area contributed by atoms with E-state index in [1.54, 1.807) is 0 Å². The molecule has 4 nitrogen and oxygen atoms in total. The normalized spacial score (nSPS) is 22.8. The van der Waals surface area contributed by atoms with Crippen LogP contribution in [0.5, 0.6) is 0 Å².